The summed E-state index contributed by atoms with van der Waals surface area (Å²) in [6, 6.07) is 15.1. The number of nitrogens with two attached hydrogens (primary N) is 2. The van der Waals surface area contributed by atoms with Crippen LogP contribution in [0.15, 0.2) is 59.5 Å². The lowest BCUT2D eigenvalue weighted by molar-refractivity contribution is 0.116. The Bertz CT molecular complexity index is 814. The van der Waals surface area contributed by atoms with Crippen molar-refractivity contribution in [2.24, 2.45) is 11.7 Å². The molecule has 0 saturated heterocycles. The first-order valence-corrected chi connectivity index (χ1v) is 10.5. The van der Waals surface area contributed by atoms with Gasteiger partial charge >= 0.3 is 0 Å². The maximum atomic E-state index is 13.0. The number of nitrogens with zero attached hydrogens (tertiary/aromatic N) is 1. The van der Waals surface area contributed by atoms with Gasteiger partial charge in [0.25, 0.3) is 0 Å². The molecule has 0 heterocycles. The molecule has 6 nitrogen and oxygen atoms in total. The second-order valence-electron chi connectivity index (χ2n) is 7.21. The topological polar surface area (TPSA) is 110 Å². The molecular formula is C20H30ClN3O3S. The SMILES string of the molecule is CC(C)CN(C[C@H](O)[C@@H](N)Cc1ccccc1)S(=O)(=O)c1ccc(N)cc1.Cl. The van der Waals surface area contributed by atoms with E-state index in [0.29, 0.717) is 18.7 Å². The summed E-state index contributed by atoms with van der Waals surface area (Å²) in [7, 11) is -3.75. The highest BCUT2D eigenvalue weighted by Gasteiger charge is 2.29. The monoisotopic (exact) mass is 427 g/mol. The van der Waals surface area contributed by atoms with Gasteiger partial charge in [-0.1, -0.05) is 44.2 Å². The summed E-state index contributed by atoms with van der Waals surface area (Å²) in [5, 5.41) is 10.6. The summed E-state index contributed by atoms with van der Waals surface area (Å²) in [5.41, 5.74) is 13.3. The summed E-state index contributed by atoms with van der Waals surface area (Å²) in [6.45, 7) is 4.10. The number of benzene rings is 2. The lowest BCUT2D eigenvalue weighted by Gasteiger charge is -2.28. The maximum Gasteiger partial charge on any atom is 0.243 e. The van der Waals surface area contributed by atoms with Crippen molar-refractivity contribution >= 4 is 28.1 Å². The van der Waals surface area contributed by atoms with Crippen LogP contribution in [-0.2, 0) is 16.4 Å². The number of sulfonamides is 1. The highest BCUT2D eigenvalue weighted by Crippen LogP contribution is 2.19. The number of nitrogen functional groups attached to an aromatic ring is 1. The number of rotatable bonds is 9. The Morgan fingerprint density at radius 1 is 1.00 bits per heavy atom. The molecule has 28 heavy (non-hydrogen) atoms. The number of aliphatic hydroxyl groups excluding tert-OH is 1. The van der Waals surface area contributed by atoms with E-state index >= 15 is 0 Å². The smallest absolute Gasteiger partial charge is 0.243 e. The van der Waals surface area contributed by atoms with Gasteiger partial charge in [-0.3, -0.25) is 0 Å². The molecule has 0 aliphatic heterocycles. The van der Waals surface area contributed by atoms with E-state index in [0.717, 1.165) is 5.56 Å². The Morgan fingerprint density at radius 3 is 2.11 bits per heavy atom. The van der Waals surface area contributed by atoms with E-state index in [2.05, 4.69) is 0 Å². The molecule has 156 valence electrons. The van der Waals surface area contributed by atoms with E-state index in [4.69, 9.17) is 11.5 Å². The first-order valence-electron chi connectivity index (χ1n) is 9.03. The van der Waals surface area contributed by atoms with Crippen LogP contribution in [0.4, 0.5) is 5.69 Å². The zero-order valence-corrected chi connectivity index (χ0v) is 17.9. The van der Waals surface area contributed by atoms with Gasteiger partial charge in [0.2, 0.25) is 10.0 Å². The van der Waals surface area contributed by atoms with E-state index in [1.807, 2.05) is 44.2 Å². The summed E-state index contributed by atoms with van der Waals surface area (Å²) in [4.78, 5) is 0.154. The normalized spacial score (nSPS) is 13.9. The van der Waals surface area contributed by atoms with Crippen LogP contribution in [0, 0.1) is 5.92 Å². The summed E-state index contributed by atoms with van der Waals surface area (Å²) < 4.78 is 27.4. The lowest BCUT2D eigenvalue weighted by atomic mass is 10.0. The van der Waals surface area contributed by atoms with Crippen molar-refractivity contribution in [3.63, 3.8) is 0 Å². The highest BCUT2D eigenvalue weighted by molar-refractivity contribution is 7.89. The maximum absolute atomic E-state index is 13.0. The molecule has 0 amide bonds. The van der Waals surface area contributed by atoms with Crippen molar-refractivity contribution in [1.29, 1.82) is 0 Å². The molecule has 0 saturated carbocycles. The van der Waals surface area contributed by atoms with Gasteiger partial charge in [-0.15, -0.1) is 12.4 Å². The Labute approximate surface area is 174 Å². The Kier molecular flexibility index (Phi) is 9.39. The van der Waals surface area contributed by atoms with Gasteiger partial charge < -0.3 is 16.6 Å². The Hall–Kier alpha value is -1.64. The summed E-state index contributed by atoms with van der Waals surface area (Å²) in [5.74, 6) is 0.103. The summed E-state index contributed by atoms with van der Waals surface area (Å²) in [6.07, 6.45) is -0.507. The van der Waals surface area contributed by atoms with Crippen LogP contribution >= 0.6 is 12.4 Å². The van der Waals surface area contributed by atoms with Crippen LogP contribution in [0.1, 0.15) is 19.4 Å². The Morgan fingerprint density at radius 2 is 1.57 bits per heavy atom. The fourth-order valence-electron chi connectivity index (χ4n) is 2.83. The molecule has 0 aliphatic carbocycles. The molecule has 0 unspecified atom stereocenters. The van der Waals surface area contributed by atoms with E-state index in [-0.39, 0.29) is 29.8 Å². The van der Waals surface area contributed by atoms with Crippen molar-refractivity contribution in [3.05, 3.63) is 60.2 Å². The van der Waals surface area contributed by atoms with Gasteiger partial charge in [-0.2, -0.15) is 4.31 Å². The van der Waals surface area contributed by atoms with E-state index < -0.39 is 22.2 Å². The molecule has 0 fully saturated rings. The quantitative estimate of drug-likeness (QED) is 0.532. The largest absolute Gasteiger partial charge is 0.399 e. The fourth-order valence-corrected chi connectivity index (χ4v) is 4.45. The van der Waals surface area contributed by atoms with Gasteiger partial charge in [-0.05, 0) is 42.2 Å². The minimum Gasteiger partial charge on any atom is -0.399 e. The second-order valence-corrected chi connectivity index (χ2v) is 9.14. The van der Waals surface area contributed by atoms with E-state index in [1.54, 1.807) is 12.1 Å². The highest BCUT2D eigenvalue weighted by atomic mass is 35.5. The van der Waals surface area contributed by atoms with Crippen LogP contribution in [0.25, 0.3) is 0 Å². The van der Waals surface area contributed by atoms with Gasteiger partial charge in [0.15, 0.2) is 0 Å². The van der Waals surface area contributed by atoms with Gasteiger partial charge in [0.1, 0.15) is 0 Å². The zero-order valence-electron chi connectivity index (χ0n) is 16.2. The van der Waals surface area contributed by atoms with Crippen molar-refractivity contribution in [2.45, 2.75) is 37.3 Å². The number of hydrogen-bond donors (Lipinski definition) is 3. The minimum absolute atomic E-state index is 0. The molecule has 2 rings (SSSR count). The third-order valence-corrected chi connectivity index (χ3v) is 6.13. The second kappa shape index (κ2) is 10.8. The molecule has 2 aromatic rings. The Balaban J connectivity index is 0.00000392. The number of aliphatic hydroxyl groups is 1. The molecule has 8 heteroatoms. The first kappa shape index (κ1) is 24.4. The minimum atomic E-state index is -3.75. The van der Waals surface area contributed by atoms with Crippen molar-refractivity contribution < 1.29 is 13.5 Å². The number of halogens is 1. The van der Waals surface area contributed by atoms with E-state index in [9.17, 15) is 13.5 Å². The average molecular weight is 428 g/mol. The van der Waals surface area contributed by atoms with Gasteiger partial charge in [0.05, 0.1) is 11.0 Å². The third kappa shape index (κ3) is 6.76. The molecule has 2 atom stereocenters. The van der Waals surface area contributed by atoms with Gasteiger partial charge in [-0.25, -0.2) is 8.42 Å². The molecule has 0 aromatic heterocycles. The summed E-state index contributed by atoms with van der Waals surface area (Å²) >= 11 is 0. The predicted molar refractivity (Wildman–Crippen MR) is 116 cm³/mol. The average Bonchev–Trinajstić information content (AvgIpc) is 2.62. The standard InChI is InChI=1S/C20H29N3O3S.ClH/c1-15(2)13-23(27(25,26)18-10-8-17(21)9-11-18)14-20(24)19(22)12-16-6-4-3-5-7-16;/h3-11,15,19-20,24H,12-14,21-22H2,1-2H3;1H/t19-,20-;/m0./s1. The number of hydrogen-bond acceptors (Lipinski definition) is 5. The lowest BCUT2D eigenvalue weighted by Crippen LogP contribution is -2.47. The molecule has 5 N–H and O–H groups in total. The van der Waals surface area contributed by atoms with Crippen LogP contribution < -0.4 is 11.5 Å². The molecule has 2 aromatic carbocycles. The third-order valence-electron chi connectivity index (χ3n) is 4.29. The number of anilines is 1. The molecule has 0 bridgehead atoms. The molecule has 0 aliphatic rings. The fraction of sp³-hybridized carbons (Fsp3) is 0.400. The molecule has 0 spiro atoms. The van der Waals surface area contributed by atoms with Crippen LogP contribution in [0.2, 0.25) is 0 Å². The predicted octanol–water partition coefficient (Wildman–Crippen LogP) is 2.27. The van der Waals surface area contributed by atoms with Crippen LogP contribution in [0.3, 0.4) is 0 Å². The van der Waals surface area contributed by atoms with Crippen LogP contribution in [0.5, 0.6) is 0 Å². The zero-order chi connectivity index (χ0) is 20.0. The van der Waals surface area contributed by atoms with Crippen molar-refractivity contribution in [2.75, 3.05) is 18.8 Å². The first-order chi connectivity index (χ1) is 12.7. The van der Waals surface area contributed by atoms with Crippen LogP contribution in [-0.4, -0.2) is 43.1 Å². The molecule has 0 radical (unpaired) electrons. The molecular weight excluding hydrogens is 398 g/mol. The van der Waals surface area contributed by atoms with E-state index in [1.165, 1.54) is 16.4 Å². The van der Waals surface area contributed by atoms with Crippen molar-refractivity contribution in [3.8, 4) is 0 Å². The van der Waals surface area contributed by atoms with Crippen molar-refractivity contribution in [1.82, 2.24) is 4.31 Å². The van der Waals surface area contributed by atoms with Gasteiger partial charge in [0, 0.05) is 24.8 Å².